The van der Waals surface area contributed by atoms with Crippen LogP contribution in [0.15, 0.2) is 36.4 Å². The van der Waals surface area contributed by atoms with Crippen LogP contribution in [0.1, 0.15) is 12.5 Å². The zero-order valence-corrected chi connectivity index (χ0v) is 15.8. The van der Waals surface area contributed by atoms with E-state index in [1.165, 1.54) is 42.3 Å². The molecule has 3 rings (SSSR count). The van der Waals surface area contributed by atoms with Crippen LogP contribution in [0, 0.1) is 29.5 Å². The Bertz CT molecular complexity index is 850. The molecule has 1 aliphatic carbocycles. The van der Waals surface area contributed by atoms with Crippen molar-refractivity contribution in [3.8, 4) is 0 Å². The van der Waals surface area contributed by atoms with Crippen LogP contribution in [-0.2, 0) is 20.9 Å². The van der Waals surface area contributed by atoms with Gasteiger partial charge < -0.3 is 4.90 Å². The van der Waals surface area contributed by atoms with Crippen molar-refractivity contribution in [2.75, 3.05) is 13.6 Å². The summed E-state index contributed by atoms with van der Waals surface area (Å²) < 4.78 is 51.5. The zero-order chi connectivity index (χ0) is 21.5. The summed E-state index contributed by atoms with van der Waals surface area (Å²) in [4.78, 5) is 39.7. The maximum atomic E-state index is 13.1. The highest BCUT2D eigenvalue weighted by molar-refractivity contribution is 6.08. The Morgan fingerprint density at radius 2 is 1.72 bits per heavy atom. The van der Waals surface area contributed by atoms with Gasteiger partial charge in [-0.15, -0.1) is 0 Å². The van der Waals surface area contributed by atoms with Crippen LogP contribution in [0.5, 0.6) is 0 Å². The van der Waals surface area contributed by atoms with Gasteiger partial charge in [-0.05, 0) is 23.6 Å². The molecule has 0 radical (unpaired) electrons. The molecule has 4 unspecified atom stereocenters. The predicted octanol–water partition coefficient (Wildman–Crippen LogP) is 2.77. The van der Waals surface area contributed by atoms with Crippen LogP contribution in [0.3, 0.4) is 0 Å². The fraction of sp³-hybridized carbons (Fsp3) is 0.450. The Morgan fingerprint density at radius 1 is 1.10 bits per heavy atom. The van der Waals surface area contributed by atoms with Crippen molar-refractivity contribution in [2.45, 2.75) is 19.6 Å². The molecule has 1 saturated heterocycles. The van der Waals surface area contributed by atoms with Gasteiger partial charge in [0.05, 0.1) is 17.8 Å². The fourth-order valence-corrected chi connectivity index (χ4v) is 4.01. The number of likely N-dealkylation sites (tertiary alicyclic amines) is 1. The summed E-state index contributed by atoms with van der Waals surface area (Å²) in [6, 6.07) is 5.54. The summed E-state index contributed by atoms with van der Waals surface area (Å²) in [5.41, 5.74) is 0.658. The topological polar surface area (TPSA) is 57.7 Å². The molecule has 0 saturated carbocycles. The Labute approximate surface area is 165 Å². The highest BCUT2D eigenvalue weighted by Crippen LogP contribution is 2.42. The number of fused-ring (bicyclic) bond motifs is 1. The SMILES string of the molecule is CC1C=CC2C(=O)N(CC(F)(F)F)C(=O)C2C1C(=O)N(C)Cc1ccc(F)cc1. The Balaban J connectivity index is 1.83. The average molecular weight is 412 g/mol. The normalized spacial score (nSPS) is 26.6. The molecule has 29 heavy (non-hydrogen) atoms. The van der Waals surface area contributed by atoms with E-state index in [2.05, 4.69) is 0 Å². The van der Waals surface area contributed by atoms with Gasteiger partial charge in [-0.1, -0.05) is 31.2 Å². The maximum Gasteiger partial charge on any atom is 0.406 e. The number of carbonyl (C=O) groups excluding carboxylic acids is 3. The number of imide groups is 1. The van der Waals surface area contributed by atoms with Crippen molar-refractivity contribution >= 4 is 17.7 Å². The van der Waals surface area contributed by atoms with Crippen LogP contribution >= 0.6 is 0 Å². The van der Waals surface area contributed by atoms with Gasteiger partial charge in [0, 0.05) is 13.6 Å². The molecule has 0 bridgehead atoms. The van der Waals surface area contributed by atoms with E-state index in [0.717, 1.165) is 0 Å². The Hall–Kier alpha value is -2.71. The number of amides is 3. The van der Waals surface area contributed by atoms with Crippen molar-refractivity contribution in [1.82, 2.24) is 9.80 Å². The van der Waals surface area contributed by atoms with E-state index in [1.807, 2.05) is 0 Å². The lowest BCUT2D eigenvalue weighted by molar-refractivity contribution is -0.167. The van der Waals surface area contributed by atoms with Crippen LogP contribution in [-0.4, -0.2) is 47.3 Å². The molecule has 1 aliphatic heterocycles. The standard InChI is InChI=1S/C20H20F4N2O3/c1-11-3-8-14-16(19(29)26(17(14)27)10-20(22,23)24)15(11)18(28)25(2)9-12-4-6-13(21)7-5-12/h3-8,11,14-16H,9-10H2,1-2H3. The lowest BCUT2D eigenvalue weighted by Crippen LogP contribution is -2.45. The summed E-state index contributed by atoms with van der Waals surface area (Å²) in [5, 5.41) is 0. The first-order chi connectivity index (χ1) is 13.5. The fourth-order valence-electron chi connectivity index (χ4n) is 4.01. The molecule has 3 amide bonds. The number of benzene rings is 1. The largest absolute Gasteiger partial charge is 0.406 e. The molecule has 1 aromatic rings. The molecule has 9 heteroatoms. The number of hydrogen-bond acceptors (Lipinski definition) is 3. The number of allylic oxidation sites excluding steroid dienone is 1. The first-order valence-corrected chi connectivity index (χ1v) is 9.09. The number of halogens is 4. The van der Waals surface area contributed by atoms with Gasteiger partial charge in [-0.2, -0.15) is 13.2 Å². The predicted molar refractivity (Wildman–Crippen MR) is 94.4 cm³/mol. The zero-order valence-electron chi connectivity index (χ0n) is 15.8. The summed E-state index contributed by atoms with van der Waals surface area (Å²) >= 11 is 0. The van der Waals surface area contributed by atoms with E-state index in [1.54, 1.807) is 13.0 Å². The molecule has 1 aromatic carbocycles. The third-order valence-electron chi connectivity index (χ3n) is 5.40. The highest BCUT2D eigenvalue weighted by atomic mass is 19.4. The van der Waals surface area contributed by atoms with Gasteiger partial charge >= 0.3 is 6.18 Å². The van der Waals surface area contributed by atoms with Gasteiger partial charge in [0.1, 0.15) is 12.4 Å². The lowest BCUT2D eigenvalue weighted by atomic mass is 9.71. The second-order valence-corrected chi connectivity index (χ2v) is 7.52. The summed E-state index contributed by atoms with van der Waals surface area (Å²) in [6.07, 6.45) is -1.69. The lowest BCUT2D eigenvalue weighted by Gasteiger charge is -2.34. The van der Waals surface area contributed by atoms with Crippen molar-refractivity contribution < 1.29 is 31.9 Å². The summed E-state index contributed by atoms with van der Waals surface area (Å²) in [5.74, 6) is -6.39. The van der Waals surface area contributed by atoms with Crippen molar-refractivity contribution in [3.63, 3.8) is 0 Å². The summed E-state index contributed by atoms with van der Waals surface area (Å²) in [7, 11) is 1.50. The first kappa shape index (κ1) is 21.0. The maximum absolute atomic E-state index is 13.1. The van der Waals surface area contributed by atoms with Gasteiger partial charge in [-0.25, -0.2) is 4.39 Å². The smallest absolute Gasteiger partial charge is 0.341 e. The van der Waals surface area contributed by atoms with Gasteiger partial charge in [0.25, 0.3) is 0 Å². The van der Waals surface area contributed by atoms with E-state index < -0.39 is 59.9 Å². The number of carbonyl (C=O) groups is 3. The molecule has 1 heterocycles. The number of hydrogen-bond donors (Lipinski definition) is 0. The third-order valence-corrected chi connectivity index (χ3v) is 5.40. The van der Waals surface area contributed by atoms with E-state index in [0.29, 0.717) is 5.56 Å². The quantitative estimate of drug-likeness (QED) is 0.434. The Kier molecular flexibility index (Phi) is 5.51. The molecule has 4 atom stereocenters. The molecule has 5 nitrogen and oxygen atoms in total. The van der Waals surface area contributed by atoms with E-state index >= 15 is 0 Å². The molecule has 0 N–H and O–H groups in total. The van der Waals surface area contributed by atoms with E-state index in [4.69, 9.17) is 0 Å². The average Bonchev–Trinajstić information content (AvgIpc) is 2.86. The monoisotopic (exact) mass is 412 g/mol. The van der Waals surface area contributed by atoms with Crippen LogP contribution in [0.25, 0.3) is 0 Å². The number of alkyl halides is 3. The second-order valence-electron chi connectivity index (χ2n) is 7.52. The minimum absolute atomic E-state index is 0.137. The van der Waals surface area contributed by atoms with Gasteiger partial charge in [-0.3, -0.25) is 19.3 Å². The molecule has 0 aromatic heterocycles. The number of nitrogens with zero attached hydrogens (tertiary/aromatic N) is 2. The van der Waals surface area contributed by atoms with Crippen molar-refractivity contribution in [3.05, 3.63) is 47.8 Å². The van der Waals surface area contributed by atoms with Crippen molar-refractivity contribution in [1.29, 1.82) is 0 Å². The summed E-state index contributed by atoms with van der Waals surface area (Å²) in [6.45, 7) is 0.162. The molecular weight excluding hydrogens is 392 g/mol. The molecule has 2 aliphatic rings. The second kappa shape index (κ2) is 7.61. The van der Waals surface area contributed by atoms with Crippen LogP contribution in [0.2, 0.25) is 0 Å². The first-order valence-electron chi connectivity index (χ1n) is 9.09. The molecule has 0 spiro atoms. The van der Waals surface area contributed by atoms with Crippen LogP contribution in [0.4, 0.5) is 17.6 Å². The van der Waals surface area contributed by atoms with E-state index in [-0.39, 0.29) is 11.4 Å². The van der Waals surface area contributed by atoms with Gasteiger partial charge in [0.2, 0.25) is 17.7 Å². The Morgan fingerprint density at radius 3 is 2.31 bits per heavy atom. The highest BCUT2D eigenvalue weighted by Gasteiger charge is 2.56. The van der Waals surface area contributed by atoms with E-state index in [9.17, 15) is 31.9 Å². The molecule has 1 fully saturated rings. The molecular formula is C20H20F4N2O3. The van der Waals surface area contributed by atoms with Gasteiger partial charge in [0.15, 0.2) is 0 Å². The third kappa shape index (κ3) is 4.18. The number of rotatable bonds is 4. The molecule has 156 valence electrons. The minimum atomic E-state index is -4.72. The van der Waals surface area contributed by atoms with Crippen molar-refractivity contribution in [2.24, 2.45) is 23.7 Å². The minimum Gasteiger partial charge on any atom is -0.341 e. The van der Waals surface area contributed by atoms with Crippen LogP contribution < -0.4 is 0 Å².